The second-order valence-electron chi connectivity index (χ2n) is 6.76. The lowest BCUT2D eigenvalue weighted by Crippen LogP contribution is -2.60. The minimum absolute atomic E-state index is 0.284. The minimum Gasteiger partial charge on any atom is -0.480 e. The first-order valence-corrected chi connectivity index (χ1v) is 8.33. The number of carboxylic acids is 1. The Kier molecular flexibility index (Phi) is 6.02. The molecule has 0 aromatic heterocycles. The third-order valence-electron chi connectivity index (χ3n) is 4.69. The highest BCUT2D eigenvalue weighted by Gasteiger charge is 2.51. The van der Waals surface area contributed by atoms with Gasteiger partial charge in [-0.1, -0.05) is 6.92 Å². The fourth-order valence-corrected chi connectivity index (χ4v) is 3.45. The summed E-state index contributed by atoms with van der Waals surface area (Å²) in [4.78, 5) is 14.1. The zero-order valence-electron chi connectivity index (χ0n) is 13.4. The molecule has 1 heterocycles. The zero-order chi connectivity index (χ0) is 15.3. The van der Waals surface area contributed by atoms with Gasteiger partial charge >= 0.3 is 5.97 Å². The first kappa shape index (κ1) is 16.7. The van der Waals surface area contributed by atoms with Crippen molar-refractivity contribution < 1.29 is 14.6 Å². The van der Waals surface area contributed by atoms with Crippen LogP contribution in [0.5, 0.6) is 0 Å². The SMILES string of the molecule is CCCNC(CN(C)CC1CCCOC1)(C(=O)O)C1CC1. The summed E-state index contributed by atoms with van der Waals surface area (Å²) < 4.78 is 5.53. The number of carbonyl (C=O) groups is 1. The molecule has 0 radical (unpaired) electrons. The number of aliphatic carboxylic acids is 1. The second kappa shape index (κ2) is 7.56. The van der Waals surface area contributed by atoms with Crippen LogP contribution < -0.4 is 5.32 Å². The van der Waals surface area contributed by atoms with Crippen LogP contribution in [0.25, 0.3) is 0 Å². The first-order valence-electron chi connectivity index (χ1n) is 8.33. The molecule has 0 spiro atoms. The predicted molar refractivity (Wildman–Crippen MR) is 82.4 cm³/mol. The molecule has 1 saturated heterocycles. The summed E-state index contributed by atoms with van der Waals surface area (Å²) in [6, 6.07) is 0. The molecular formula is C16H30N2O3. The van der Waals surface area contributed by atoms with Gasteiger partial charge in [0.05, 0.1) is 6.61 Å². The molecule has 0 aromatic carbocycles. The van der Waals surface area contributed by atoms with Crippen LogP contribution in [0.2, 0.25) is 0 Å². The maximum Gasteiger partial charge on any atom is 0.325 e. The number of nitrogens with one attached hydrogen (secondary N) is 1. The lowest BCUT2D eigenvalue weighted by molar-refractivity contribution is -0.147. The summed E-state index contributed by atoms with van der Waals surface area (Å²) >= 11 is 0. The average molecular weight is 298 g/mol. The molecule has 5 heteroatoms. The van der Waals surface area contributed by atoms with Gasteiger partial charge in [0.25, 0.3) is 0 Å². The predicted octanol–water partition coefficient (Wildman–Crippen LogP) is 1.58. The summed E-state index contributed by atoms with van der Waals surface area (Å²) in [5, 5.41) is 13.1. The van der Waals surface area contributed by atoms with Crippen molar-refractivity contribution in [1.82, 2.24) is 10.2 Å². The van der Waals surface area contributed by atoms with Crippen molar-refractivity contribution in [2.75, 3.05) is 39.9 Å². The van der Waals surface area contributed by atoms with E-state index in [4.69, 9.17) is 4.74 Å². The summed E-state index contributed by atoms with van der Waals surface area (Å²) in [5.74, 6) is 0.137. The Morgan fingerprint density at radius 2 is 2.19 bits per heavy atom. The van der Waals surface area contributed by atoms with Gasteiger partial charge in [-0.3, -0.25) is 4.79 Å². The first-order chi connectivity index (χ1) is 10.1. The van der Waals surface area contributed by atoms with Crippen molar-refractivity contribution in [2.45, 2.75) is 44.6 Å². The number of hydrogen-bond donors (Lipinski definition) is 2. The number of hydrogen-bond acceptors (Lipinski definition) is 4. The molecule has 2 N–H and O–H groups in total. The highest BCUT2D eigenvalue weighted by Crippen LogP contribution is 2.40. The summed E-state index contributed by atoms with van der Waals surface area (Å²) in [7, 11) is 2.04. The molecule has 122 valence electrons. The maximum absolute atomic E-state index is 11.9. The van der Waals surface area contributed by atoms with Gasteiger partial charge in [-0.2, -0.15) is 0 Å². The smallest absolute Gasteiger partial charge is 0.325 e. The van der Waals surface area contributed by atoms with E-state index in [1.54, 1.807) is 0 Å². The van der Waals surface area contributed by atoms with Crippen LogP contribution in [0.3, 0.4) is 0 Å². The molecule has 0 aromatic rings. The molecule has 0 amide bonds. The number of nitrogens with zero attached hydrogens (tertiary/aromatic N) is 1. The van der Waals surface area contributed by atoms with E-state index in [1.165, 1.54) is 6.42 Å². The summed E-state index contributed by atoms with van der Waals surface area (Å²) in [5.41, 5.74) is -0.764. The van der Waals surface area contributed by atoms with Crippen LogP contribution in [0.4, 0.5) is 0 Å². The molecule has 2 rings (SSSR count). The monoisotopic (exact) mass is 298 g/mol. The van der Waals surface area contributed by atoms with Gasteiger partial charge in [0.15, 0.2) is 0 Å². The molecule has 2 aliphatic rings. The minimum atomic E-state index is -0.764. The van der Waals surface area contributed by atoms with Gasteiger partial charge in [-0.15, -0.1) is 0 Å². The Bertz CT molecular complexity index is 340. The lowest BCUT2D eigenvalue weighted by atomic mass is 9.91. The molecule has 1 aliphatic carbocycles. The van der Waals surface area contributed by atoms with E-state index in [-0.39, 0.29) is 5.92 Å². The molecule has 1 saturated carbocycles. The standard InChI is InChI=1S/C16H30N2O3/c1-3-8-17-16(15(19)20,14-6-7-14)12-18(2)10-13-5-4-9-21-11-13/h13-14,17H,3-12H2,1-2H3,(H,19,20). The van der Waals surface area contributed by atoms with Gasteiger partial charge in [0, 0.05) is 19.7 Å². The number of rotatable bonds is 9. The van der Waals surface area contributed by atoms with Crippen molar-refractivity contribution >= 4 is 5.97 Å². The van der Waals surface area contributed by atoms with Gasteiger partial charge in [0.2, 0.25) is 0 Å². The number of ether oxygens (including phenoxy) is 1. The highest BCUT2D eigenvalue weighted by atomic mass is 16.5. The Labute approximate surface area is 128 Å². The summed E-state index contributed by atoms with van der Waals surface area (Å²) in [6.07, 6.45) is 5.34. The number of likely N-dealkylation sites (N-methyl/N-ethyl adjacent to an activating group) is 1. The topological polar surface area (TPSA) is 61.8 Å². The lowest BCUT2D eigenvalue weighted by Gasteiger charge is -2.36. The van der Waals surface area contributed by atoms with E-state index >= 15 is 0 Å². The van der Waals surface area contributed by atoms with Gasteiger partial charge in [-0.05, 0) is 57.5 Å². The zero-order valence-corrected chi connectivity index (χ0v) is 13.4. The molecular weight excluding hydrogens is 268 g/mol. The molecule has 2 atom stereocenters. The van der Waals surface area contributed by atoms with E-state index < -0.39 is 11.5 Å². The van der Waals surface area contributed by atoms with Crippen molar-refractivity contribution in [1.29, 1.82) is 0 Å². The maximum atomic E-state index is 11.9. The van der Waals surface area contributed by atoms with E-state index in [0.717, 1.165) is 52.0 Å². The molecule has 5 nitrogen and oxygen atoms in total. The Hall–Kier alpha value is -0.650. The van der Waals surface area contributed by atoms with Gasteiger partial charge in [-0.25, -0.2) is 0 Å². The second-order valence-corrected chi connectivity index (χ2v) is 6.76. The largest absolute Gasteiger partial charge is 0.480 e. The fraction of sp³-hybridized carbons (Fsp3) is 0.938. The Balaban J connectivity index is 1.94. The van der Waals surface area contributed by atoms with E-state index in [2.05, 4.69) is 17.1 Å². The Morgan fingerprint density at radius 3 is 2.71 bits per heavy atom. The molecule has 1 aliphatic heterocycles. The normalized spacial score (nSPS) is 25.8. The van der Waals surface area contributed by atoms with Crippen LogP contribution in [0.15, 0.2) is 0 Å². The quantitative estimate of drug-likeness (QED) is 0.677. The van der Waals surface area contributed by atoms with E-state index in [1.807, 2.05) is 7.05 Å². The van der Waals surface area contributed by atoms with Crippen molar-refractivity contribution in [2.24, 2.45) is 11.8 Å². The van der Waals surface area contributed by atoms with Crippen LogP contribution in [-0.4, -0.2) is 61.4 Å². The summed E-state index contributed by atoms with van der Waals surface area (Å²) in [6.45, 7) is 6.05. The molecule has 2 fully saturated rings. The third kappa shape index (κ3) is 4.41. The van der Waals surface area contributed by atoms with Crippen molar-refractivity contribution in [3.63, 3.8) is 0 Å². The van der Waals surface area contributed by atoms with Gasteiger partial charge < -0.3 is 20.1 Å². The molecule has 0 bridgehead atoms. The Morgan fingerprint density at radius 1 is 1.43 bits per heavy atom. The van der Waals surface area contributed by atoms with Crippen LogP contribution in [-0.2, 0) is 9.53 Å². The number of carboxylic acid groups (broad SMARTS) is 1. The fourth-order valence-electron chi connectivity index (χ4n) is 3.45. The highest BCUT2D eigenvalue weighted by molar-refractivity contribution is 5.80. The van der Waals surface area contributed by atoms with Crippen molar-refractivity contribution in [3.8, 4) is 0 Å². The van der Waals surface area contributed by atoms with Gasteiger partial charge in [0.1, 0.15) is 5.54 Å². The third-order valence-corrected chi connectivity index (χ3v) is 4.69. The molecule has 21 heavy (non-hydrogen) atoms. The van der Waals surface area contributed by atoms with Crippen LogP contribution in [0.1, 0.15) is 39.0 Å². The van der Waals surface area contributed by atoms with Crippen LogP contribution >= 0.6 is 0 Å². The average Bonchev–Trinajstić information content (AvgIpc) is 3.29. The van der Waals surface area contributed by atoms with E-state index in [0.29, 0.717) is 12.5 Å². The van der Waals surface area contributed by atoms with E-state index in [9.17, 15) is 9.90 Å². The van der Waals surface area contributed by atoms with Crippen LogP contribution in [0, 0.1) is 11.8 Å². The molecule has 2 unspecified atom stereocenters. The van der Waals surface area contributed by atoms with Crippen molar-refractivity contribution in [3.05, 3.63) is 0 Å².